The van der Waals surface area contributed by atoms with Crippen LogP contribution in [0.3, 0.4) is 0 Å². The molecule has 0 saturated carbocycles. The Kier molecular flexibility index (Phi) is 8.23. The Labute approximate surface area is 178 Å². The van der Waals surface area contributed by atoms with Crippen molar-refractivity contribution in [3.63, 3.8) is 0 Å². The summed E-state index contributed by atoms with van der Waals surface area (Å²) in [5, 5.41) is 5.92. The average Bonchev–Trinajstić information content (AvgIpc) is 2.78. The number of carbonyl (C=O) groups is 2. The zero-order valence-electron chi connectivity index (χ0n) is 17.5. The summed E-state index contributed by atoms with van der Waals surface area (Å²) >= 11 is 0. The second-order valence-electron chi connectivity index (χ2n) is 7.40. The molecule has 0 bridgehead atoms. The van der Waals surface area contributed by atoms with Crippen LogP contribution in [0.25, 0.3) is 0 Å². The molecule has 30 heavy (non-hydrogen) atoms. The van der Waals surface area contributed by atoms with Gasteiger partial charge in [-0.25, -0.2) is 0 Å². The minimum absolute atomic E-state index is 0.00467. The van der Waals surface area contributed by atoms with Gasteiger partial charge in [-0.1, -0.05) is 48.5 Å². The van der Waals surface area contributed by atoms with Crippen LogP contribution in [0.1, 0.15) is 11.1 Å². The summed E-state index contributed by atoms with van der Waals surface area (Å²) in [6.07, 6.45) is 0. The molecular formula is C23H30N4O3. The molecule has 2 aromatic carbocycles. The van der Waals surface area contributed by atoms with Crippen LogP contribution < -0.4 is 15.4 Å². The minimum atomic E-state index is -0.00467. The summed E-state index contributed by atoms with van der Waals surface area (Å²) in [7, 11) is 1.63. The van der Waals surface area contributed by atoms with Crippen LogP contribution in [0.4, 0.5) is 0 Å². The fourth-order valence-corrected chi connectivity index (χ4v) is 3.46. The molecule has 0 aliphatic carbocycles. The van der Waals surface area contributed by atoms with E-state index in [9.17, 15) is 9.59 Å². The van der Waals surface area contributed by atoms with Gasteiger partial charge in [-0.2, -0.15) is 0 Å². The van der Waals surface area contributed by atoms with Crippen molar-refractivity contribution < 1.29 is 14.3 Å². The number of piperazine rings is 1. The lowest BCUT2D eigenvalue weighted by Crippen LogP contribution is -2.51. The largest absolute Gasteiger partial charge is 0.496 e. The number of benzene rings is 2. The van der Waals surface area contributed by atoms with Gasteiger partial charge in [0.05, 0.1) is 20.2 Å². The quantitative estimate of drug-likeness (QED) is 0.651. The van der Waals surface area contributed by atoms with Gasteiger partial charge in [0.1, 0.15) is 5.75 Å². The molecule has 7 heteroatoms. The third-order valence-electron chi connectivity index (χ3n) is 5.20. The Hall–Kier alpha value is -2.90. The molecule has 7 nitrogen and oxygen atoms in total. The molecule has 2 N–H and O–H groups in total. The summed E-state index contributed by atoms with van der Waals surface area (Å²) < 4.78 is 5.31. The maximum absolute atomic E-state index is 12.3. The third kappa shape index (κ3) is 6.86. The number of methoxy groups -OCH3 is 1. The number of nitrogens with one attached hydrogen (secondary N) is 2. The SMILES string of the molecule is COc1ccccc1CNC(=O)CN1CCN(CC(=O)NCc2ccccc2)CC1. The van der Waals surface area contributed by atoms with Crippen molar-refractivity contribution in [2.45, 2.75) is 13.1 Å². The average molecular weight is 411 g/mol. The fraction of sp³-hybridized carbons (Fsp3) is 0.391. The molecule has 0 unspecified atom stereocenters. The van der Waals surface area contributed by atoms with Crippen molar-refractivity contribution in [2.75, 3.05) is 46.4 Å². The van der Waals surface area contributed by atoms with Gasteiger partial charge in [-0.05, 0) is 11.6 Å². The first-order chi connectivity index (χ1) is 14.6. The molecule has 3 rings (SSSR count). The van der Waals surface area contributed by atoms with Crippen LogP contribution in [-0.4, -0.2) is 68.0 Å². The van der Waals surface area contributed by atoms with E-state index in [1.165, 1.54) is 0 Å². The summed E-state index contributed by atoms with van der Waals surface area (Å²) in [5.74, 6) is 0.800. The number of para-hydroxylation sites is 1. The van der Waals surface area contributed by atoms with E-state index in [0.717, 1.165) is 43.1 Å². The number of rotatable bonds is 9. The number of hydrogen-bond donors (Lipinski definition) is 2. The Morgan fingerprint density at radius 3 is 1.93 bits per heavy atom. The standard InChI is InChI=1S/C23H30N4O3/c1-30-21-10-6-5-9-20(21)16-25-23(29)18-27-13-11-26(12-14-27)17-22(28)24-15-19-7-3-2-4-8-19/h2-10H,11-18H2,1H3,(H,24,28)(H,25,29). The van der Waals surface area contributed by atoms with Crippen LogP contribution in [0.15, 0.2) is 54.6 Å². The van der Waals surface area contributed by atoms with Crippen molar-refractivity contribution in [3.05, 3.63) is 65.7 Å². The molecule has 0 aromatic heterocycles. The van der Waals surface area contributed by atoms with Crippen molar-refractivity contribution in [1.82, 2.24) is 20.4 Å². The summed E-state index contributed by atoms with van der Waals surface area (Å²) in [6.45, 7) is 4.85. The molecule has 160 valence electrons. The molecule has 0 atom stereocenters. The zero-order chi connectivity index (χ0) is 21.2. The molecule has 1 fully saturated rings. The molecule has 2 amide bonds. The van der Waals surface area contributed by atoms with E-state index in [-0.39, 0.29) is 11.8 Å². The van der Waals surface area contributed by atoms with Crippen LogP contribution in [0.5, 0.6) is 5.75 Å². The van der Waals surface area contributed by atoms with Crippen LogP contribution in [0, 0.1) is 0 Å². The number of amides is 2. The predicted molar refractivity (Wildman–Crippen MR) is 116 cm³/mol. The van der Waals surface area contributed by atoms with Crippen LogP contribution in [0.2, 0.25) is 0 Å². The van der Waals surface area contributed by atoms with Crippen LogP contribution >= 0.6 is 0 Å². The third-order valence-corrected chi connectivity index (χ3v) is 5.20. The minimum Gasteiger partial charge on any atom is -0.496 e. The highest BCUT2D eigenvalue weighted by atomic mass is 16.5. The maximum Gasteiger partial charge on any atom is 0.234 e. The van der Waals surface area contributed by atoms with Crippen molar-refractivity contribution in [3.8, 4) is 5.75 Å². The van der Waals surface area contributed by atoms with E-state index < -0.39 is 0 Å². The second kappa shape index (κ2) is 11.3. The first-order valence-corrected chi connectivity index (χ1v) is 10.3. The van der Waals surface area contributed by atoms with E-state index in [2.05, 4.69) is 20.4 Å². The van der Waals surface area contributed by atoms with Crippen LogP contribution in [-0.2, 0) is 22.7 Å². The van der Waals surface area contributed by atoms with Gasteiger partial charge in [0, 0.05) is 44.8 Å². The molecule has 1 saturated heterocycles. The number of hydrogen-bond acceptors (Lipinski definition) is 5. The van der Waals surface area contributed by atoms with E-state index in [1.807, 2.05) is 54.6 Å². The van der Waals surface area contributed by atoms with Gasteiger partial charge in [-0.15, -0.1) is 0 Å². The van der Waals surface area contributed by atoms with Gasteiger partial charge in [0.2, 0.25) is 11.8 Å². The van der Waals surface area contributed by atoms with Gasteiger partial charge in [-0.3, -0.25) is 19.4 Å². The lowest BCUT2D eigenvalue weighted by Gasteiger charge is -2.33. The van der Waals surface area contributed by atoms with Gasteiger partial charge >= 0.3 is 0 Å². The van der Waals surface area contributed by atoms with Crippen molar-refractivity contribution in [2.24, 2.45) is 0 Å². The molecule has 2 aromatic rings. The number of nitrogens with zero attached hydrogens (tertiary/aromatic N) is 2. The molecule has 1 heterocycles. The Morgan fingerprint density at radius 2 is 1.33 bits per heavy atom. The van der Waals surface area contributed by atoms with E-state index in [4.69, 9.17) is 4.74 Å². The highest BCUT2D eigenvalue weighted by molar-refractivity contribution is 5.78. The lowest BCUT2D eigenvalue weighted by atomic mass is 10.2. The second-order valence-corrected chi connectivity index (χ2v) is 7.40. The number of ether oxygens (including phenoxy) is 1. The molecular weight excluding hydrogens is 380 g/mol. The molecule has 0 radical (unpaired) electrons. The van der Waals surface area contributed by atoms with Crippen molar-refractivity contribution in [1.29, 1.82) is 0 Å². The monoisotopic (exact) mass is 410 g/mol. The van der Waals surface area contributed by atoms with Crippen molar-refractivity contribution >= 4 is 11.8 Å². The van der Waals surface area contributed by atoms with E-state index in [1.54, 1.807) is 7.11 Å². The summed E-state index contributed by atoms with van der Waals surface area (Å²) in [4.78, 5) is 28.7. The Morgan fingerprint density at radius 1 is 0.800 bits per heavy atom. The normalized spacial score (nSPS) is 14.8. The Bertz CT molecular complexity index is 820. The topological polar surface area (TPSA) is 73.9 Å². The van der Waals surface area contributed by atoms with Gasteiger partial charge in [0.25, 0.3) is 0 Å². The molecule has 1 aliphatic rings. The Balaban J connectivity index is 1.33. The highest BCUT2D eigenvalue weighted by Crippen LogP contribution is 2.16. The number of carbonyl (C=O) groups excluding carboxylic acids is 2. The maximum atomic E-state index is 12.3. The smallest absolute Gasteiger partial charge is 0.234 e. The van der Waals surface area contributed by atoms with E-state index >= 15 is 0 Å². The first-order valence-electron chi connectivity index (χ1n) is 10.3. The highest BCUT2D eigenvalue weighted by Gasteiger charge is 2.20. The predicted octanol–water partition coefficient (Wildman–Crippen LogP) is 1.25. The molecule has 1 aliphatic heterocycles. The fourth-order valence-electron chi connectivity index (χ4n) is 3.46. The molecule has 0 spiro atoms. The summed E-state index contributed by atoms with van der Waals surface area (Å²) in [5.41, 5.74) is 2.05. The van der Waals surface area contributed by atoms with Gasteiger partial charge < -0.3 is 15.4 Å². The lowest BCUT2D eigenvalue weighted by molar-refractivity contribution is -0.125. The van der Waals surface area contributed by atoms with E-state index in [0.29, 0.717) is 26.2 Å². The summed E-state index contributed by atoms with van der Waals surface area (Å²) in [6, 6.07) is 17.6. The first kappa shape index (κ1) is 21.8. The zero-order valence-corrected chi connectivity index (χ0v) is 17.5. The van der Waals surface area contributed by atoms with Gasteiger partial charge in [0.15, 0.2) is 0 Å².